The van der Waals surface area contributed by atoms with Crippen LogP contribution in [0.5, 0.6) is 0 Å². The van der Waals surface area contributed by atoms with Gasteiger partial charge in [-0.25, -0.2) is 0 Å². The highest BCUT2D eigenvalue weighted by molar-refractivity contribution is 5.92. The number of amides is 2. The van der Waals surface area contributed by atoms with Crippen LogP contribution in [0.15, 0.2) is 12.7 Å². The minimum Gasteiger partial charge on any atom is -0.349 e. The summed E-state index contributed by atoms with van der Waals surface area (Å²) >= 11 is 0. The van der Waals surface area contributed by atoms with Crippen molar-refractivity contribution in [2.45, 2.75) is 64.6 Å². The molecule has 2 rings (SSSR count). The van der Waals surface area contributed by atoms with Crippen molar-refractivity contribution in [3.63, 3.8) is 0 Å². The number of hydrogen-bond donors (Lipinski definition) is 3. The number of nitrogens with one attached hydrogen (secondary N) is 3. The van der Waals surface area contributed by atoms with Crippen LogP contribution in [-0.2, 0) is 9.59 Å². The summed E-state index contributed by atoms with van der Waals surface area (Å²) < 4.78 is 0. The topological polar surface area (TPSA) is 70.2 Å². The summed E-state index contributed by atoms with van der Waals surface area (Å²) in [6.45, 7) is 14.3. The average Bonchev–Trinajstić information content (AvgIpc) is 2.88. The van der Waals surface area contributed by atoms with E-state index in [-0.39, 0.29) is 23.3 Å². The van der Waals surface area contributed by atoms with Gasteiger partial charge in [-0.05, 0) is 64.8 Å². The number of hydrogen-bond acceptors (Lipinski definition) is 3. The first-order valence-electron chi connectivity index (χ1n) is 8.56. The van der Waals surface area contributed by atoms with Crippen molar-refractivity contribution in [2.75, 3.05) is 6.54 Å². The van der Waals surface area contributed by atoms with Crippen LogP contribution in [0.4, 0.5) is 0 Å². The van der Waals surface area contributed by atoms with Gasteiger partial charge in [0.1, 0.15) is 5.54 Å². The molecule has 0 aromatic rings. The first kappa shape index (κ1) is 18.0. The SMILES string of the molecule is C=CC[C@H]1C2CN[C@@H](C)[C@@H]2CC1(NC(C)=O)C(=O)NC(C)(C)C. The van der Waals surface area contributed by atoms with Crippen LogP contribution in [0.2, 0.25) is 0 Å². The predicted molar refractivity (Wildman–Crippen MR) is 91.8 cm³/mol. The van der Waals surface area contributed by atoms with Crippen LogP contribution in [0, 0.1) is 17.8 Å². The lowest BCUT2D eigenvalue weighted by Crippen LogP contribution is -2.64. The summed E-state index contributed by atoms with van der Waals surface area (Å²) in [6.07, 6.45) is 3.29. The van der Waals surface area contributed by atoms with Crippen molar-refractivity contribution < 1.29 is 9.59 Å². The van der Waals surface area contributed by atoms with E-state index in [1.807, 2.05) is 26.8 Å². The molecule has 5 atom stereocenters. The van der Waals surface area contributed by atoms with E-state index in [1.54, 1.807) is 0 Å². The van der Waals surface area contributed by atoms with Gasteiger partial charge in [-0.1, -0.05) is 6.08 Å². The Morgan fingerprint density at radius 3 is 2.52 bits per heavy atom. The summed E-state index contributed by atoms with van der Waals surface area (Å²) in [5.41, 5.74) is -1.16. The average molecular weight is 321 g/mol. The summed E-state index contributed by atoms with van der Waals surface area (Å²) in [7, 11) is 0. The Kier molecular flexibility index (Phi) is 4.90. The molecule has 1 saturated carbocycles. The lowest BCUT2D eigenvalue weighted by Gasteiger charge is -2.38. The molecule has 2 fully saturated rings. The second-order valence-corrected chi connectivity index (χ2v) is 8.22. The zero-order valence-electron chi connectivity index (χ0n) is 15.0. The third-order valence-electron chi connectivity index (χ3n) is 5.29. The molecule has 1 aliphatic carbocycles. The summed E-state index contributed by atoms with van der Waals surface area (Å²) in [6, 6.07) is 0.366. The fourth-order valence-corrected chi connectivity index (χ4v) is 4.44. The molecule has 0 aromatic heterocycles. The van der Waals surface area contributed by atoms with Crippen molar-refractivity contribution in [3.05, 3.63) is 12.7 Å². The van der Waals surface area contributed by atoms with Gasteiger partial charge in [0.25, 0.3) is 0 Å². The Hall–Kier alpha value is -1.36. The van der Waals surface area contributed by atoms with Gasteiger partial charge in [0.2, 0.25) is 11.8 Å². The van der Waals surface area contributed by atoms with E-state index in [2.05, 4.69) is 29.5 Å². The van der Waals surface area contributed by atoms with Crippen LogP contribution < -0.4 is 16.0 Å². The number of allylic oxidation sites excluding steroid dienone is 1. The molecular weight excluding hydrogens is 290 g/mol. The molecule has 23 heavy (non-hydrogen) atoms. The van der Waals surface area contributed by atoms with Crippen molar-refractivity contribution in [3.8, 4) is 0 Å². The number of carbonyl (C=O) groups excluding carboxylic acids is 2. The van der Waals surface area contributed by atoms with Crippen molar-refractivity contribution >= 4 is 11.8 Å². The molecule has 5 heteroatoms. The van der Waals surface area contributed by atoms with Crippen molar-refractivity contribution in [1.29, 1.82) is 0 Å². The summed E-state index contributed by atoms with van der Waals surface area (Å²) in [5, 5.41) is 9.64. The van der Waals surface area contributed by atoms with Crippen molar-refractivity contribution in [2.24, 2.45) is 17.8 Å². The van der Waals surface area contributed by atoms with Gasteiger partial charge in [0, 0.05) is 18.5 Å². The molecule has 1 heterocycles. The second kappa shape index (κ2) is 6.27. The molecule has 0 spiro atoms. The summed E-state index contributed by atoms with van der Waals surface area (Å²) in [4.78, 5) is 25.1. The Morgan fingerprint density at radius 1 is 1.35 bits per heavy atom. The largest absolute Gasteiger partial charge is 0.349 e. The molecule has 1 aliphatic heterocycles. The fraction of sp³-hybridized carbons (Fsp3) is 0.778. The van der Waals surface area contributed by atoms with Crippen LogP contribution in [0.25, 0.3) is 0 Å². The molecule has 5 nitrogen and oxygen atoms in total. The van der Waals surface area contributed by atoms with E-state index < -0.39 is 5.54 Å². The molecule has 1 saturated heterocycles. The standard InChI is InChI=1S/C18H31N3O2/c1-7-8-15-14-10-19-11(2)13(14)9-18(15,20-12(3)22)16(23)21-17(4,5)6/h7,11,13-15,19H,1,8-10H2,2-6H3,(H,20,22)(H,21,23)/t11-,13-,14?,15-,18?/m0/s1. The highest BCUT2D eigenvalue weighted by atomic mass is 16.2. The van der Waals surface area contributed by atoms with E-state index in [4.69, 9.17) is 0 Å². The summed E-state index contributed by atoms with van der Waals surface area (Å²) in [5.74, 6) is 0.657. The third kappa shape index (κ3) is 3.44. The second-order valence-electron chi connectivity index (χ2n) is 8.22. The molecule has 2 unspecified atom stereocenters. The Bertz CT molecular complexity index is 497. The maximum Gasteiger partial charge on any atom is 0.246 e. The zero-order valence-corrected chi connectivity index (χ0v) is 15.0. The highest BCUT2D eigenvalue weighted by Gasteiger charge is 2.60. The lowest BCUT2D eigenvalue weighted by molar-refractivity contribution is -0.136. The highest BCUT2D eigenvalue weighted by Crippen LogP contribution is 2.50. The van der Waals surface area contributed by atoms with E-state index in [0.717, 1.165) is 13.0 Å². The lowest BCUT2D eigenvalue weighted by atomic mass is 9.79. The van der Waals surface area contributed by atoms with Crippen LogP contribution in [-0.4, -0.2) is 35.5 Å². The monoisotopic (exact) mass is 321 g/mol. The first-order chi connectivity index (χ1) is 10.6. The molecule has 3 N–H and O–H groups in total. The Morgan fingerprint density at radius 2 is 2.00 bits per heavy atom. The molecule has 2 amide bonds. The van der Waals surface area contributed by atoms with Gasteiger partial charge in [-0.2, -0.15) is 0 Å². The normalized spacial score (nSPS) is 36.4. The predicted octanol–water partition coefficient (Wildman–Crippen LogP) is 1.60. The maximum absolute atomic E-state index is 13.2. The molecule has 130 valence electrons. The van der Waals surface area contributed by atoms with Gasteiger partial charge >= 0.3 is 0 Å². The third-order valence-corrected chi connectivity index (χ3v) is 5.29. The minimum atomic E-state index is -0.834. The fourth-order valence-electron chi connectivity index (χ4n) is 4.44. The van der Waals surface area contributed by atoms with Gasteiger partial charge in [-0.3, -0.25) is 9.59 Å². The molecule has 2 aliphatic rings. The van der Waals surface area contributed by atoms with Crippen LogP contribution >= 0.6 is 0 Å². The number of carbonyl (C=O) groups is 2. The van der Waals surface area contributed by atoms with E-state index in [1.165, 1.54) is 6.92 Å². The Balaban J connectivity index is 2.40. The minimum absolute atomic E-state index is 0.0614. The number of rotatable bonds is 4. The molecule has 0 radical (unpaired) electrons. The smallest absolute Gasteiger partial charge is 0.246 e. The molecule has 0 bridgehead atoms. The maximum atomic E-state index is 13.2. The van der Waals surface area contributed by atoms with Gasteiger partial charge in [0.05, 0.1) is 0 Å². The Labute approximate surface area is 139 Å². The first-order valence-corrected chi connectivity index (χ1v) is 8.56. The number of fused-ring (bicyclic) bond motifs is 1. The van der Waals surface area contributed by atoms with Gasteiger partial charge < -0.3 is 16.0 Å². The zero-order chi connectivity index (χ0) is 17.4. The van der Waals surface area contributed by atoms with Gasteiger partial charge in [0.15, 0.2) is 0 Å². The van der Waals surface area contributed by atoms with E-state index >= 15 is 0 Å². The van der Waals surface area contributed by atoms with Crippen molar-refractivity contribution in [1.82, 2.24) is 16.0 Å². The van der Waals surface area contributed by atoms with E-state index in [0.29, 0.717) is 24.3 Å². The molecular formula is C18H31N3O2. The van der Waals surface area contributed by atoms with Crippen LogP contribution in [0.3, 0.4) is 0 Å². The van der Waals surface area contributed by atoms with Gasteiger partial charge in [-0.15, -0.1) is 6.58 Å². The van der Waals surface area contributed by atoms with Crippen LogP contribution in [0.1, 0.15) is 47.5 Å². The quantitative estimate of drug-likeness (QED) is 0.689. The molecule has 0 aromatic carbocycles. The van der Waals surface area contributed by atoms with E-state index in [9.17, 15) is 9.59 Å².